The molecular formula is C13H27N3O3. The molecule has 0 aliphatic carbocycles. The topological polar surface area (TPSA) is 84.7 Å². The van der Waals surface area contributed by atoms with E-state index in [2.05, 4.69) is 5.32 Å². The molecule has 0 radical (unpaired) electrons. The number of amides is 2. The molecule has 0 rings (SSSR count). The minimum atomic E-state index is -0.614. The van der Waals surface area contributed by atoms with Gasteiger partial charge in [-0.3, -0.25) is 9.69 Å². The van der Waals surface area contributed by atoms with E-state index in [9.17, 15) is 9.59 Å². The predicted molar refractivity (Wildman–Crippen MR) is 74.7 cm³/mol. The van der Waals surface area contributed by atoms with Crippen LogP contribution < -0.4 is 11.1 Å². The van der Waals surface area contributed by atoms with Crippen LogP contribution in [0.4, 0.5) is 4.79 Å². The Balaban J connectivity index is 4.44. The average Bonchev–Trinajstić information content (AvgIpc) is 2.20. The van der Waals surface area contributed by atoms with Crippen molar-refractivity contribution in [3.05, 3.63) is 0 Å². The molecule has 0 bridgehead atoms. The summed E-state index contributed by atoms with van der Waals surface area (Å²) in [6.45, 7) is 11.0. The van der Waals surface area contributed by atoms with Crippen molar-refractivity contribution in [3.63, 3.8) is 0 Å². The number of likely N-dealkylation sites (N-methyl/N-ethyl adjacent to an activating group) is 1. The van der Waals surface area contributed by atoms with Crippen molar-refractivity contribution in [2.45, 2.75) is 58.7 Å². The third-order valence-electron chi connectivity index (χ3n) is 2.36. The lowest BCUT2D eigenvalue weighted by atomic mass is 10.1. The fourth-order valence-corrected chi connectivity index (χ4v) is 1.13. The van der Waals surface area contributed by atoms with E-state index in [1.807, 2.05) is 13.8 Å². The van der Waals surface area contributed by atoms with Gasteiger partial charge in [-0.25, -0.2) is 4.79 Å². The molecule has 0 heterocycles. The quantitative estimate of drug-likeness (QED) is 0.803. The molecule has 0 unspecified atom stereocenters. The molecule has 2 amide bonds. The number of nitrogens with two attached hydrogens (primary N) is 1. The Bertz CT molecular complexity index is 329. The molecule has 6 heteroatoms. The molecule has 6 nitrogen and oxygen atoms in total. The van der Waals surface area contributed by atoms with Crippen molar-refractivity contribution in [2.75, 3.05) is 13.6 Å². The SMILES string of the molecule is C[C@@H](C(=O)NCC(C)(C)N)N(C)C(=O)OC(C)(C)C. The van der Waals surface area contributed by atoms with E-state index in [0.717, 1.165) is 0 Å². The van der Waals surface area contributed by atoms with Crippen molar-refractivity contribution >= 4 is 12.0 Å². The van der Waals surface area contributed by atoms with Crippen LogP contribution in [-0.4, -0.2) is 47.7 Å². The first-order valence-corrected chi connectivity index (χ1v) is 6.36. The summed E-state index contributed by atoms with van der Waals surface area (Å²) < 4.78 is 5.20. The number of carbonyl (C=O) groups excluding carboxylic acids is 2. The lowest BCUT2D eigenvalue weighted by Crippen LogP contribution is -2.52. The van der Waals surface area contributed by atoms with Crippen LogP contribution in [0.15, 0.2) is 0 Å². The van der Waals surface area contributed by atoms with Gasteiger partial charge in [0.05, 0.1) is 0 Å². The number of hydrogen-bond donors (Lipinski definition) is 2. The Morgan fingerprint density at radius 2 is 1.74 bits per heavy atom. The highest BCUT2D eigenvalue weighted by Crippen LogP contribution is 2.10. The molecule has 3 N–H and O–H groups in total. The fraction of sp³-hybridized carbons (Fsp3) is 0.846. The van der Waals surface area contributed by atoms with Crippen LogP contribution >= 0.6 is 0 Å². The summed E-state index contributed by atoms with van der Waals surface area (Å²) in [5.41, 5.74) is 4.71. The maximum atomic E-state index is 11.9. The monoisotopic (exact) mass is 273 g/mol. The molecular weight excluding hydrogens is 246 g/mol. The molecule has 0 saturated heterocycles. The van der Waals surface area contributed by atoms with Gasteiger partial charge in [-0.05, 0) is 41.5 Å². The number of carbonyl (C=O) groups is 2. The summed E-state index contributed by atoms with van der Waals surface area (Å²) in [6.07, 6.45) is -0.526. The number of ether oxygens (including phenoxy) is 1. The molecule has 0 fully saturated rings. The van der Waals surface area contributed by atoms with Gasteiger partial charge in [-0.2, -0.15) is 0 Å². The predicted octanol–water partition coefficient (Wildman–Crippen LogP) is 1.10. The average molecular weight is 273 g/mol. The normalized spacial score (nSPS) is 13.7. The summed E-state index contributed by atoms with van der Waals surface area (Å²) in [6, 6.07) is -0.614. The largest absolute Gasteiger partial charge is 0.444 e. The molecule has 0 spiro atoms. The maximum Gasteiger partial charge on any atom is 0.410 e. The third kappa shape index (κ3) is 7.66. The maximum absolute atomic E-state index is 11.9. The first-order valence-electron chi connectivity index (χ1n) is 6.36. The number of rotatable bonds is 4. The van der Waals surface area contributed by atoms with Crippen molar-refractivity contribution in [2.24, 2.45) is 5.73 Å². The third-order valence-corrected chi connectivity index (χ3v) is 2.36. The summed E-state index contributed by atoms with van der Waals surface area (Å²) in [5.74, 6) is -0.258. The van der Waals surface area contributed by atoms with Crippen LogP contribution in [0.3, 0.4) is 0 Å². The molecule has 0 aromatic carbocycles. The van der Waals surface area contributed by atoms with Crippen molar-refractivity contribution in [1.29, 1.82) is 0 Å². The first-order chi connectivity index (χ1) is 8.33. The van der Waals surface area contributed by atoms with Crippen molar-refractivity contribution in [3.8, 4) is 0 Å². The minimum absolute atomic E-state index is 0.258. The lowest BCUT2D eigenvalue weighted by molar-refractivity contribution is -0.125. The summed E-state index contributed by atoms with van der Waals surface area (Å²) >= 11 is 0. The van der Waals surface area contributed by atoms with E-state index in [1.54, 1.807) is 27.7 Å². The van der Waals surface area contributed by atoms with E-state index in [0.29, 0.717) is 6.54 Å². The molecule has 0 aromatic heterocycles. The highest BCUT2D eigenvalue weighted by Gasteiger charge is 2.27. The zero-order valence-corrected chi connectivity index (χ0v) is 13.0. The molecule has 112 valence electrons. The van der Waals surface area contributed by atoms with Gasteiger partial charge >= 0.3 is 6.09 Å². The summed E-state index contributed by atoms with van der Waals surface area (Å²) in [5, 5.41) is 2.71. The van der Waals surface area contributed by atoms with Gasteiger partial charge in [-0.1, -0.05) is 0 Å². The molecule has 0 aromatic rings. The van der Waals surface area contributed by atoms with E-state index >= 15 is 0 Å². The van der Waals surface area contributed by atoms with Gasteiger partial charge in [0, 0.05) is 19.1 Å². The Morgan fingerprint density at radius 3 is 2.11 bits per heavy atom. The Hall–Kier alpha value is -1.30. The standard InChI is InChI=1S/C13H27N3O3/c1-9(10(17)15-8-13(5,6)14)16(7)11(18)19-12(2,3)4/h9H,8,14H2,1-7H3,(H,15,17)/t9-/m0/s1. The van der Waals surface area contributed by atoms with Crippen LogP contribution in [-0.2, 0) is 9.53 Å². The van der Waals surface area contributed by atoms with Gasteiger partial charge in [0.25, 0.3) is 0 Å². The second-order valence-electron chi connectivity index (χ2n) is 6.47. The van der Waals surface area contributed by atoms with Gasteiger partial charge < -0.3 is 15.8 Å². The van der Waals surface area contributed by atoms with Crippen LogP contribution in [0.2, 0.25) is 0 Å². The van der Waals surface area contributed by atoms with Gasteiger partial charge in [-0.15, -0.1) is 0 Å². The summed E-state index contributed by atoms with van der Waals surface area (Å²) in [4.78, 5) is 25.0. The van der Waals surface area contributed by atoms with Crippen LogP contribution in [0, 0.1) is 0 Å². The Kier molecular flexibility index (Phi) is 5.81. The second-order valence-corrected chi connectivity index (χ2v) is 6.47. The molecule has 19 heavy (non-hydrogen) atoms. The van der Waals surface area contributed by atoms with Crippen molar-refractivity contribution < 1.29 is 14.3 Å². The van der Waals surface area contributed by atoms with E-state index in [-0.39, 0.29) is 5.91 Å². The zero-order valence-electron chi connectivity index (χ0n) is 13.0. The number of hydrogen-bond acceptors (Lipinski definition) is 4. The molecule has 0 aliphatic heterocycles. The minimum Gasteiger partial charge on any atom is -0.444 e. The molecule has 1 atom stereocenters. The highest BCUT2D eigenvalue weighted by molar-refractivity contribution is 5.85. The smallest absolute Gasteiger partial charge is 0.410 e. The van der Waals surface area contributed by atoms with E-state index in [1.165, 1.54) is 11.9 Å². The van der Waals surface area contributed by atoms with Crippen molar-refractivity contribution in [1.82, 2.24) is 10.2 Å². The first kappa shape index (κ1) is 17.7. The van der Waals surface area contributed by atoms with Gasteiger partial charge in [0.1, 0.15) is 11.6 Å². The molecule has 0 saturated carbocycles. The highest BCUT2D eigenvalue weighted by atomic mass is 16.6. The number of nitrogens with one attached hydrogen (secondary N) is 1. The van der Waals surface area contributed by atoms with E-state index in [4.69, 9.17) is 10.5 Å². The summed E-state index contributed by atoms with van der Waals surface area (Å²) in [7, 11) is 1.53. The van der Waals surface area contributed by atoms with Crippen LogP contribution in [0.5, 0.6) is 0 Å². The number of nitrogens with zero attached hydrogens (tertiary/aromatic N) is 1. The van der Waals surface area contributed by atoms with Gasteiger partial charge in [0.2, 0.25) is 5.91 Å². The van der Waals surface area contributed by atoms with Crippen LogP contribution in [0.1, 0.15) is 41.5 Å². The Morgan fingerprint density at radius 1 is 1.26 bits per heavy atom. The van der Waals surface area contributed by atoms with Crippen LogP contribution in [0.25, 0.3) is 0 Å². The lowest BCUT2D eigenvalue weighted by Gasteiger charge is -2.29. The van der Waals surface area contributed by atoms with Gasteiger partial charge in [0.15, 0.2) is 0 Å². The Labute approximate surface area is 115 Å². The molecule has 0 aliphatic rings. The second kappa shape index (κ2) is 6.23. The zero-order chi connectivity index (χ0) is 15.4. The fourth-order valence-electron chi connectivity index (χ4n) is 1.13. The van der Waals surface area contributed by atoms with E-state index < -0.39 is 23.3 Å².